The third-order valence-electron chi connectivity index (χ3n) is 5.46. The lowest BCUT2D eigenvalue weighted by molar-refractivity contribution is 0.0955. The van der Waals surface area contributed by atoms with Gasteiger partial charge in [0, 0.05) is 38.4 Å². The van der Waals surface area contributed by atoms with Gasteiger partial charge in [0.1, 0.15) is 11.5 Å². The van der Waals surface area contributed by atoms with Crippen LogP contribution in [0.5, 0.6) is 0 Å². The van der Waals surface area contributed by atoms with Gasteiger partial charge in [0.25, 0.3) is 5.91 Å². The molecule has 1 unspecified atom stereocenters. The molecule has 3 aromatic rings. The summed E-state index contributed by atoms with van der Waals surface area (Å²) < 4.78 is 4.16. The zero-order valence-electron chi connectivity index (χ0n) is 16.8. The highest BCUT2D eigenvalue weighted by Crippen LogP contribution is 2.25. The lowest BCUT2D eigenvalue weighted by Gasteiger charge is -2.32. The van der Waals surface area contributed by atoms with E-state index in [9.17, 15) is 4.79 Å². The maximum atomic E-state index is 11.8. The predicted octanol–water partition coefficient (Wildman–Crippen LogP) is 2.85. The molecule has 4 rings (SSSR count). The first kappa shape index (κ1) is 18.7. The number of imidazole rings is 1. The Bertz CT molecular complexity index is 972. The van der Waals surface area contributed by atoms with Gasteiger partial charge in [-0.1, -0.05) is 19.9 Å². The fraction of sp³-hybridized carbons (Fsp3) is 0.476. The molecule has 0 saturated carbocycles. The molecule has 3 aromatic heterocycles. The highest BCUT2D eigenvalue weighted by atomic mass is 16.1. The topological polar surface area (TPSA) is 67.5 Å². The van der Waals surface area contributed by atoms with Crippen molar-refractivity contribution in [3.63, 3.8) is 0 Å². The van der Waals surface area contributed by atoms with E-state index in [0.717, 1.165) is 44.0 Å². The van der Waals surface area contributed by atoms with Crippen LogP contribution in [-0.4, -0.2) is 50.1 Å². The average Bonchev–Trinajstić information content (AvgIpc) is 3.34. The Balaban J connectivity index is 1.52. The Kier molecular flexibility index (Phi) is 5.17. The van der Waals surface area contributed by atoms with Crippen LogP contribution < -0.4 is 5.32 Å². The Morgan fingerprint density at radius 3 is 2.93 bits per heavy atom. The zero-order valence-corrected chi connectivity index (χ0v) is 16.8. The first-order chi connectivity index (χ1) is 13.6. The van der Waals surface area contributed by atoms with Crippen LogP contribution in [0.25, 0.3) is 5.52 Å². The summed E-state index contributed by atoms with van der Waals surface area (Å²) in [5.74, 6) is 1.35. The number of hydrogen-bond acceptors (Lipinski definition) is 4. The molecule has 0 aliphatic carbocycles. The molecule has 28 heavy (non-hydrogen) atoms. The van der Waals surface area contributed by atoms with Gasteiger partial charge in [-0.05, 0) is 37.6 Å². The largest absolute Gasteiger partial charge is 0.354 e. The SMILES string of the molecule is CNC(=O)c1ccn(C2CCCN(Cc3nc(C(C)C)n4ccccc34)C2)n1. The predicted molar refractivity (Wildman–Crippen MR) is 108 cm³/mol. The van der Waals surface area contributed by atoms with Gasteiger partial charge < -0.3 is 9.72 Å². The van der Waals surface area contributed by atoms with E-state index in [0.29, 0.717) is 11.6 Å². The molecule has 7 nitrogen and oxygen atoms in total. The van der Waals surface area contributed by atoms with Crippen LogP contribution in [0.2, 0.25) is 0 Å². The summed E-state index contributed by atoms with van der Waals surface area (Å²) in [5.41, 5.74) is 2.80. The normalized spacial score (nSPS) is 18.1. The number of pyridine rings is 1. The molecule has 0 radical (unpaired) electrons. The summed E-state index contributed by atoms with van der Waals surface area (Å²) in [4.78, 5) is 19.2. The third kappa shape index (κ3) is 3.54. The van der Waals surface area contributed by atoms with Crippen LogP contribution in [0, 0.1) is 0 Å². The molecule has 1 fully saturated rings. The number of likely N-dealkylation sites (tertiary alicyclic amines) is 1. The standard InChI is InChI=1S/C21H28N6O/c1-15(2)20-23-18(19-8-4-5-11-26(19)20)14-25-10-6-7-16(13-25)27-12-9-17(24-27)21(28)22-3/h4-5,8-9,11-12,15-16H,6-7,10,13-14H2,1-3H3,(H,22,28). The molecular formula is C21H28N6O. The molecule has 1 N–H and O–H groups in total. The summed E-state index contributed by atoms with van der Waals surface area (Å²) >= 11 is 0. The van der Waals surface area contributed by atoms with E-state index in [1.54, 1.807) is 13.1 Å². The minimum atomic E-state index is -0.142. The minimum absolute atomic E-state index is 0.142. The van der Waals surface area contributed by atoms with Crippen LogP contribution >= 0.6 is 0 Å². The number of carbonyl (C=O) groups excluding carboxylic acids is 1. The van der Waals surface area contributed by atoms with Gasteiger partial charge in [-0.3, -0.25) is 14.4 Å². The summed E-state index contributed by atoms with van der Waals surface area (Å²) in [6.07, 6.45) is 6.21. The third-order valence-corrected chi connectivity index (χ3v) is 5.46. The minimum Gasteiger partial charge on any atom is -0.354 e. The Hall–Kier alpha value is -2.67. The molecule has 0 aromatic carbocycles. The number of hydrogen-bond donors (Lipinski definition) is 1. The van der Waals surface area contributed by atoms with Crippen molar-refractivity contribution in [2.45, 2.75) is 45.2 Å². The number of rotatable bonds is 5. The monoisotopic (exact) mass is 380 g/mol. The van der Waals surface area contributed by atoms with E-state index in [1.807, 2.05) is 10.9 Å². The summed E-state index contributed by atoms with van der Waals surface area (Å²) in [7, 11) is 1.63. The van der Waals surface area contributed by atoms with Crippen LogP contribution in [-0.2, 0) is 6.54 Å². The second-order valence-corrected chi connectivity index (χ2v) is 7.82. The van der Waals surface area contributed by atoms with E-state index in [2.05, 4.69) is 58.0 Å². The maximum absolute atomic E-state index is 11.8. The van der Waals surface area contributed by atoms with Gasteiger partial charge in [0.2, 0.25) is 0 Å². The molecule has 7 heteroatoms. The van der Waals surface area contributed by atoms with Crippen molar-refractivity contribution in [1.82, 2.24) is 29.4 Å². The molecule has 1 amide bonds. The Morgan fingerprint density at radius 2 is 2.14 bits per heavy atom. The van der Waals surface area contributed by atoms with Gasteiger partial charge >= 0.3 is 0 Å². The summed E-state index contributed by atoms with van der Waals surface area (Å²) in [6.45, 7) is 7.18. The molecule has 1 atom stereocenters. The van der Waals surface area contributed by atoms with Crippen LogP contribution in [0.1, 0.15) is 60.7 Å². The number of amides is 1. The van der Waals surface area contributed by atoms with Crippen LogP contribution in [0.3, 0.4) is 0 Å². The van der Waals surface area contributed by atoms with E-state index in [-0.39, 0.29) is 11.9 Å². The number of fused-ring (bicyclic) bond motifs is 1. The summed E-state index contributed by atoms with van der Waals surface area (Å²) in [5, 5.41) is 7.11. The van der Waals surface area contributed by atoms with Crippen molar-refractivity contribution in [3.8, 4) is 0 Å². The second-order valence-electron chi connectivity index (χ2n) is 7.82. The summed E-state index contributed by atoms with van der Waals surface area (Å²) in [6, 6.07) is 8.36. The highest BCUT2D eigenvalue weighted by molar-refractivity contribution is 5.91. The van der Waals surface area contributed by atoms with E-state index >= 15 is 0 Å². The molecule has 1 aliphatic rings. The van der Waals surface area contributed by atoms with Gasteiger partial charge in [0.05, 0.1) is 17.3 Å². The number of piperidine rings is 1. The second kappa shape index (κ2) is 7.75. The number of carbonyl (C=O) groups is 1. The molecule has 1 saturated heterocycles. The fourth-order valence-electron chi connectivity index (χ4n) is 4.04. The van der Waals surface area contributed by atoms with E-state index in [4.69, 9.17) is 4.98 Å². The van der Waals surface area contributed by atoms with Crippen molar-refractivity contribution in [2.75, 3.05) is 20.1 Å². The van der Waals surface area contributed by atoms with Crippen molar-refractivity contribution in [3.05, 3.63) is 53.9 Å². The molecule has 148 valence electrons. The number of nitrogens with zero attached hydrogens (tertiary/aromatic N) is 5. The molecule has 1 aliphatic heterocycles. The van der Waals surface area contributed by atoms with Crippen LogP contribution in [0.15, 0.2) is 36.7 Å². The fourth-order valence-corrected chi connectivity index (χ4v) is 4.04. The lowest BCUT2D eigenvalue weighted by Crippen LogP contribution is -2.36. The van der Waals surface area contributed by atoms with Crippen LogP contribution in [0.4, 0.5) is 0 Å². The number of aromatic nitrogens is 4. The van der Waals surface area contributed by atoms with Gasteiger partial charge in [-0.25, -0.2) is 4.98 Å². The van der Waals surface area contributed by atoms with Crippen molar-refractivity contribution < 1.29 is 4.79 Å². The quantitative estimate of drug-likeness (QED) is 0.739. The Labute approximate surface area is 165 Å². The average molecular weight is 380 g/mol. The first-order valence-electron chi connectivity index (χ1n) is 10.0. The first-order valence-corrected chi connectivity index (χ1v) is 10.0. The molecular weight excluding hydrogens is 352 g/mol. The molecule has 0 spiro atoms. The van der Waals surface area contributed by atoms with Gasteiger partial charge in [-0.2, -0.15) is 5.10 Å². The van der Waals surface area contributed by atoms with Crippen molar-refractivity contribution >= 4 is 11.4 Å². The van der Waals surface area contributed by atoms with Gasteiger partial charge in [-0.15, -0.1) is 0 Å². The zero-order chi connectivity index (χ0) is 19.7. The van der Waals surface area contributed by atoms with Gasteiger partial charge in [0.15, 0.2) is 0 Å². The van der Waals surface area contributed by atoms with Crippen molar-refractivity contribution in [1.29, 1.82) is 0 Å². The molecule has 4 heterocycles. The van der Waals surface area contributed by atoms with Crippen molar-refractivity contribution in [2.24, 2.45) is 0 Å². The molecule has 0 bridgehead atoms. The number of nitrogens with one attached hydrogen (secondary N) is 1. The highest BCUT2D eigenvalue weighted by Gasteiger charge is 2.24. The van der Waals surface area contributed by atoms with E-state index < -0.39 is 0 Å². The van der Waals surface area contributed by atoms with E-state index in [1.165, 1.54) is 5.52 Å². The Morgan fingerprint density at radius 1 is 1.29 bits per heavy atom. The smallest absolute Gasteiger partial charge is 0.271 e. The lowest BCUT2D eigenvalue weighted by atomic mass is 10.1. The maximum Gasteiger partial charge on any atom is 0.271 e.